The van der Waals surface area contributed by atoms with Crippen molar-refractivity contribution in [2.24, 2.45) is 17.3 Å². The molecule has 0 aliphatic carbocycles. The average Bonchev–Trinajstić information content (AvgIpc) is 2.43. The van der Waals surface area contributed by atoms with Crippen molar-refractivity contribution in [1.29, 1.82) is 0 Å². The van der Waals surface area contributed by atoms with E-state index in [0.29, 0.717) is 0 Å². The van der Waals surface area contributed by atoms with Crippen molar-refractivity contribution < 1.29 is 4.79 Å². The molecular formula is C18H27NO. The van der Waals surface area contributed by atoms with Gasteiger partial charge in [-0.1, -0.05) is 58.0 Å². The summed E-state index contributed by atoms with van der Waals surface area (Å²) in [4.78, 5) is 15.1. The maximum absolute atomic E-state index is 12.7. The molecule has 1 aliphatic heterocycles. The summed E-state index contributed by atoms with van der Waals surface area (Å²) in [6.45, 7) is 11.9. The zero-order valence-corrected chi connectivity index (χ0v) is 13.2. The molecule has 2 heteroatoms. The van der Waals surface area contributed by atoms with Gasteiger partial charge in [-0.2, -0.15) is 0 Å². The first kappa shape index (κ1) is 15.2. The van der Waals surface area contributed by atoms with E-state index in [1.807, 2.05) is 30.3 Å². The van der Waals surface area contributed by atoms with Crippen LogP contribution in [0.2, 0.25) is 0 Å². The van der Waals surface area contributed by atoms with Gasteiger partial charge in [0.1, 0.15) is 0 Å². The number of piperidine rings is 1. The van der Waals surface area contributed by atoms with E-state index in [2.05, 4.69) is 32.6 Å². The molecule has 1 aromatic rings. The molecule has 0 bridgehead atoms. The Morgan fingerprint density at radius 1 is 1.20 bits per heavy atom. The van der Waals surface area contributed by atoms with Crippen LogP contribution in [0.15, 0.2) is 30.3 Å². The minimum atomic E-state index is -0.318. The first-order valence-electron chi connectivity index (χ1n) is 7.72. The fourth-order valence-electron chi connectivity index (χ4n) is 3.10. The second-order valence-corrected chi connectivity index (χ2v) is 7.06. The van der Waals surface area contributed by atoms with Gasteiger partial charge in [0.2, 0.25) is 0 Å². The highest BCUT2D eigenvalue weighted by molar-refractivity contribution is 6.00. The molecule has 1 saturated heterocycles. The quantitative estimate of drug-likeness (QED) is 0.776. The molecule has 0 amide bonds. The molecule has 1 heterocycles. The molecule has 2 nitrogen and oxygen atoms in total. The summed E-state index contributed by atoms with van der Waals surface area (Å²) in [6.07, 6.45) is 1.25. The topological polar surface area (TPSA) is 20.3 Å². The lowest BCUT2D eigenvalue weighted by atomic mass is 9.82. The van der Waals surface area contributed by atoms with Gasteiger partial charge in [0.25, 0.3) is 0 Å². The van der Waals surface area contributed by atoms with Crippen molar-refractivity contribution in [2.45, 2.75) is 34.1 Å². The molecule has 1 fully saturated rings. The summed E-state index contributed by atoms with van der Waals surface area (Å²) in [6, 6.07) is 9.68. The van der Waals surface area contributed by atoms with Crippen LogP contribution in [0.5, 0.6) is 0 Å². The molecule has 2 unspecified atom stereocenters. The number of Topliss-reactive ketones (excluding diaryl/α,β-unsaturated/α-hetero) is 1. The number of likely N-dealkylation sites (tertiary alicyclic amines) is 1. The summed E-state index contributed by atoms with van der Waals surface area (Å²) in [7, 11) is 0. The normalized spacial score (nSPS) is 24.6. The molecule has 2 atom stereocenters. The highest BCUT2D eigenvalue weighted by atomic mass is 16.1. The first-order valence-corrected chi connectivity index (χ1v) is 7.72. The number of nitrogens with zero attached hydrogens (tertiary/aromatic N) is 1. The molecule has 0 spiro atoms. The van der Waals surface area contributed by atoms with Crippen LogP contribution in [0.25, 0.3) is 0 Å². The molecule has 0 aromatic heterocycles. The second-order valence-electron chi connectivity index (χ2n) is 7.06. The zero-order valence-electron chi connectivity index (χ0n) is 13.2. The molecule has 1 aliphatic rings. The van der Waals surface area contributed by atoms with Gasteiger partial charge in [-0.05, 0) is 24.8 Å². The van der Waals surface area contributed by atoms with Crippen LogP contribution >= 0.6 is 0 Å². The molecular weight excluding hydrogens is 246 g/mol. The Kier molecular flexibility index (Phi) is 4.64. The van der Waals surface area contributed by atoms with Crippen molar-refractivity contribution in [3.8, 4) is 0 Å². The Labute approximate surface area is 123 Å². The van der Waals surface area contributed by atoms with E-state index in [-0.39, 0.29) is 11.2 Å². The van der Waals surface area contributed by atoms with E-state index >= 15 is 0 Å². The third-order valence-corrected chi connectivity index (χ3v) is 4.69. The van der Waals surface area contributed by atoms with E-state index in [0.717, 1.165) is 37.0 Å². The number of hydrogen-bond donors (Lipinski definition) is 0. The summed E-state index contributed by atoms with van der Waals surface area (Å²) < 4.78 is 0. The molecule has 0 saturated carbocycles. The minimum absolute atomic E-state index is 0.254. The lowest BCUT2D eigenvalue weighted by molar-refractivity contribution is 0.0659. The van der Waals surface area contributed by atoms with Crippen LogP contribution < -0.4 is 0 Å². The first-order chi connectivity index (χ1) is 9.40. The van der Waals surface area contributed by atoms with Crippen LogP contribution in [0, 0.1) is 17.3 Å². The third-order valence-electron chi connectivity index (χ3n) is 4.69. The largest absolute Gasteiger partial charge is 0.302 e. The van der Waals surface area contributed by atoms with Crippen LogP contribution in [-0.4, -0.2) is 30.3 Å². The van der Waals surface area contributed by atoms with Gasteiger partial charge < -0.3 is 4.90 Å². The Bertz CT molecular complexity index is 452. The fraction of sp³-hybridized carbons (Fsp3) is 0.611. The Morgan fingerprint density at radius 3 is 2.45 bits per heavy atom. The third kappa shape index (κ3) is 3.49. The van der Waals surface area contributed by atoms with Crippen molar-refractivity contribution in [2.75, 3.05) is 19.6 Å². The monoisotopic (exact) mass is 273 g/mol. The van der Waals surface area contributed by atoms with E-state index in [1.165, 1.54) is 6.42 Å². The number of benzene rings is 1. The number of ketones is 1. The Morgan fingerprint density at radius 2 is 1.85 bits per heavy atom. The van der Waals surface area contributed by atoms with Gasteiger partial charge in [0, 0.05) is 24.1 Å². The van der Waals surface area contributed by atoms with Crippen LogP contribution in [0.3, 0.4) is 0 Å². The smallest absolute Gasteiger partial charge is 0.169 e. The zero-order chi connectivity index (χ0) is 14.8. The summed E-state index contributed by atoms with van der Waals surface area (Å²) in [5.74, 6) is 1.79. The summed E-state index contributed by atoms with van der Waals surface area (Å²) >= 11 is 0. The second kappa shape index (κ2) is 6.09. The van der Waals surface area contributed by atoms with E-state index < -0.39 is 0 Å². The van der Waals surface area contributed by atoms with Crippen LogP contribution in [-0.2, 0) is 0 Å². The average molecular weight is 273 g/mol. The van der Waals surface area contributed by atoms with Crippen molar-refractivity contribution >= 4 is 5.78 Å². The number of hydrogen-bond acceptors (Lipinski definition) is 2. The fourth-order valence-corrected chi connectivity index (χ4v) is 3.10. The summed E-state index contributed by atoms with van der Waals surface area (Å²) in [5, 5.41) is 0. The number of carbonyl (C=O) groups excluding carboxylic acids is 1. The van der Waals surface area contributed by atoms with E-state index in [4.69, 9.17) is 0 Å². The number of carbonyl (C=O) groups is 1. The summed E-state index contributed by atoms with van der Waals surface area (Å²) in [5.41, 5.74) is 0.512. The van der Waals surface area contributed by atoms with Gasteiger partial charge in [-0.25, -0.2) is 0 Å². The highest BCUT2D eigenvalue weighted by Gasteiger charge is 2.33. The Balaban J connectivity index is 2.02. The molecule has 20 heavy (non-hydrogen) atoms. The molecule has 0 radical (unpaired) electrons. The minimum Gasteiger partial charge on any atom is -0.302 e. The lowest BCUT2D eigenvalue weighted by Gasteiger charge is -2.39. The maximum atomic E-state index is 12.7. The van der Waals surface area contributed by atoms with Gasteiger partial charge in [0.05, 0.1) is 0 Å². The van der Waals surface area contributed by atoms with Crippen LogP contribution in [0.1, 0.15) is 44.5 Å². The number of rotatable bonds is 4. The van der Waals surface area contributed by atoms with Gasteiger partial charge in [0.15, 0.2) is 5.78 Å². The van der Waals surface area contributed by atoms with E-state index in [1.54, 1.807) is 0 Å². The van der Waals surface area contributed by atoms with Crippen LogP contribution in [0.4, 0.5) is 0 Å². The predicted molar refractivity (Wildman–Crippen MR) is 83.9 cm³/mol. The molecule has 1 aromatic carbocycles. The SMILES string of the molecule is CC1CCN(CC(C)(C)C(=O)c2ccccc2)CC1C. The molecule has 110 valence electrons. The predicted octanol–water partition coefficient (Wildman–Crippen LogP) is 3.87. The molecule has 0 N–H and O–H groups in total. The van der Waals surface area contributed by atoms with Gasteiger partial charge in [-0.15, -0.1) is 0 Å². The lowest BCUT2D eigenvalue weighted by Crippen LogP contribution is -2.45. The molecule has 2 rings (SSSR count). The standard InChI is InChI=1S/C18H27NO/c1-14-10-11-19(12-15(14)2)13-18(3,4)17(20)16-8-6-5-7-9-16/h5-9,14-15H,10-13H2,1-4H3. The van der Waals surface area contributed by atoms with Gasteiger partial charge in [-0.3, -0.25) is 4.79 Å². The Hall–Kier alpha value is -1.15. The highest BCUT2D eigenvalue weighted by Crippen LogP contribution is 2.28. The van der Waals surface area contributed by atoms with Crippen molar-refractivity contribution in [1.82, 2.24) is 4.90 Å². The van der Waals surface area contributed by atoms with Crippen molar-refractivity contribution in [3.63, 3.8) is 0 Å². The van der Waals surface area contributed by atoms with E-state index in [9.17, 15) is 4.79 Å². The van der Waals surface area contributed by atoms with Gasteiger partial charge >= 0.3 is 0 Å². The van der Waals surface area contributed by atoms with Crippen molar-refractivity contribution in [3.05, 3.63) is 35.9 Å². The maximum Gasteiger partial charge on any atom is 0.169 e.